The zero-order valence-electron chi connectivity index (χ0n) is 12.8. The monoisotopic (exact) mass is 315 g/mol. The van der Waals surface area contributed by atoms with Crippen LogP contribution in [0.4, 0.5) is 17.2 Å². The van der Waals surface area contributed by atoms with Gasteiger partial charge in [0, 0.05) is 44.0 Å². The molecule has 1 aromatic carbocycles. The molecule has 1 saturated heterocycles. The van der Waals surface area contributed by atoms with Crippen LogP contribution < -0.4 is 14.5 Å². The first-order chi connectivity index (χ1) is 11.2. The van der Waals surface area contributed by atoms with E-state index in [0.29, 0.717) is 5.88 Å². The lowest BCUT2D eigenvalue weighted by atomic mass is 10.2. The quantitative estimate of drug-likeness (QED) is 0.627. The molecule has 23 heavy (non-hydrogen) atoms. The standard InChI is InChI=1S/C15H17N5O3/c1-23-15-11-16-10-14(17-15)19-8-6-18(7-9-19)12-2-4-13(5-3-12)20(21)22/h2-5,10-11H,6-9H2,1H3. The molecule has 2 heterocycles. The molecule has 2 aromatic rings. The number of non-ortho nitro benzene ring substituents is 1. The van der Waals surface area contributed by atoms with Gasteiger partial charge in [0.05, 0.1) is 24.4 Å². The number of hydrogen-bond acceptors (Lipinski definition) is 7. The van der Waals surface area contributed by atoms with Gasteiger partial charge in [0.2, 0.25) is 5.88 Å². The van der Waals surface area contributed by atoms with Gasteiger partial charge in [-0.1, -0.05) is 0 Å². The Balaban J connectivity index is 1.64. The minimum atomic E-state index is -0.386. The number of anilines is 2. The van der Waals surface area contributed by atoms with Crippen molar-refractivity contribution in [1.29, 1.82) is 0 Å². The Morgan fingerprint density at radius 1 is 1.09 bits per heavy atom. The highest BCUT2D eigenvalue weighted by Crippen LogP contribution is 2.22. The third-order valence-corrected chi connectivity index (χ3v) is 3.84. The predicted molar refractivity (Wildman–Crippen MR) is 86.1 cm³/mol. The van der Waals surface area contributed by atoms with Gasteiger partial charge in [-0.15, -0.1) is 0 Å². The van der Waals surface area contributed by atoms with E-state index in [2.05, 4.69) is 19.8 Å². The van der Waals surface area contributed by atoms with Gasteiger partial charge in [-0.25, -0.2) is 0 Å². The molecule has 0 saturated carbocycles. The summed E-state index contributed by atoms with van der Waals surface area (Å²) in [7, 11) is 1.57. The van der Waals surface area contributed by atoms with Crippen LogP contribution in [0.1, 0.15) is 0 Å². The van der Waals surface area contributed by atoms with Gasteiger partial charge in [0.1, 0.15) is 0 Å². The summed E-state index contributed by atoms with van der Waals surface area (Å²) in [6.07, 6.45) is 3.31. The second-order valence-corrected chi connectivity index (χ2v) is 5.17. The average Bonchev–Trinajstić information content (AvgIpc) is 2.62. The fourth-order valence-electron chi connectivity index (χ4n) is 2.57. The highest BCUT2D eigenvalue weighted by atomic mass is 16.6. The predicted octanol–water partition coefficient (Wildman–Crippen LogP) is 1.72. The Kier molecular flexibility index (Phi) is 4.22. The van der Waals surface area contributed by atoms with E-state index in [1.165, 1.54) is 12.1 Å². The van der Waals surface area contributed by atoms with Crippen molar-refractivity contribution in [3.05, 3.63) is 46.8 Å². The van der Waals surface area contributed by atoms with Crippen LogP contribution in [0.2, 0.25) is 0 Å². The summed E-state index contributed by atoms with van der Waals surface area (Å²) in [5, 5.41) is 10.7. The average molecular weight is 315 g/mol. The van der Waals surface area contributed by atoms with E-state index in [1.54, 1.807) is 31.6 Å². The lowest BCUT2D eigenvalue weighted by molar-refractivity contribution is -0.384. The van der Waals surface area contributed by atoms with Crippen LogP contribution in [0.15, 0.2) is 36.7 Å². The summed E-state index contributed by atoms with van der Waals surface area (Å²) in [6, 6.07) is 6.66. The molecule has 0 N–H and O–H groups in total. The Morgan fingerprint density at radius 3 is 2.35 bits per heavy atom. The molecule has 1 fully saturated rings. The maximum atomic E-state index is 10.7. The topological polar surface area (TPSA) is 84.6 Å². The van der Waals surface area contributed by atoms with Crippen LogP contribution >= 0.6 is 0 Å². The number of aromatic nitrogens is 2. The minimum absolute atomic E-state index is 0.110. The fourth-order valence-corrected chi connectivity index (χ4v) is 2.57. The van der Waals surface area contributed by atoms with Crippen molar-refractivity contribution in [2.75, 3.05) is 43.1 Å². The molecule has 0 spiro atoms. The van der Waals surface area contributed by atoms with Crippen molar-refractivity contribution in [3.8, 4) is 5.88 Å². The fraction of sp³-hybridized carbons (Fsp3) is 0.333. The lowest BCUT2D eigenvalue weighted by Gasteiger charge is -2.36. The van der Waals surface area contributed by atoms with E-state index in [1.807, 2.05) is 0 Å². The summed E-state index contributed by atoms with van der Waals surface area (Å²) >= 11 is 0. The molecular weight excluding hydrogens is 298 g/mol. The smallest absolute Gasteiger partial charge is 0.269 e. The number of piperazine rings is 1. The van der Waals surface area contributed by atoms with Crippen LogP contribution in [-0.4, -0.2) is 48.2 Å². The number of methoxy groups -OCH3 is 1. The van der Waals surface area contributed by atoms with Crippen molar-refractivity contribution in [2.24, 2.45) is 0 Å². The Morgan fingerprint density at radius 2 is 1.74 bits per heavy atom. The van der Waals surface area contributed by atoms with Gasteiger partial charge in [-0.2, -0.15) is 4.98 Å². The number of nitro benzene ring substituents is 1. The largest absolute Gasteiger partial charge is 0.480 e. The van der Waals surface area contributed by atoms with Gasteiger partial charge in [-0.3, -0.25) is 15.1 Å². The van der Waals surface area contributed by atoms with Crippen molar-refractivity contribution in [1.82, 2.24) is 9.97 Å². The third-order valence-electron chi connectivity index (χ3n) is 3.84. The lowest BCUT2D eigenvalue weighted by Crippen LogP contribution is -2.46. The molecule has 0 aliphatic carbocycles. The zero-order chi connectivity index (χ0) is 16.2. The molecular formula is C15H17N5O3. The Labute approximate surface area is 133 Å². The summed E-state index contributed by atoms with van der Waals surface area (Å²) in [6.45, 7) is 3.24. The highest BCUT2D eigenvalue weighted by Gasteiger charge is 2.19. The summed E-state index contributed by atoms with van der Waals surface area (Å²) in [5.41, 5.74) is 1.10. The normalized spacial score (nSPS) is 14.7. The third kappa shape index (κ3) is 3.31. The maximum absolute atomic E-state index is 10.7. The van der Waals surface area contributed by atoms with Crippen LogP contribution in [0.3, 0.4) is 0 Å². The number of hydrogen-bond donors (Lipinski definition) is 0. The Hall–Kier alpha value is -2.90. The summed E-state index contributed by atoms with van der Waals surface area (Å²) in [4.78, 5) is 23.2. The van der Waals surface area contributed by atoms with Crippen LogP contribution in [-0.2, 0) is 0 Å². The maximum Gasteiger partial charge on any atom is 0.269 e. The van der Waals surface area contributed by atoms with E-state index in [-0.39, 0.29) is 10.6 Å². The Bertz CT molecular complexity index is 684. The molecule has 1 aliphatic rings. The number of nitro groups is 1. The number of ether oxygens (including phenoxy) is 1. The van der Waals surface area contributed by atoms with Gasteiger partial charge in [0.15, 0.2) is 5.82 Å². The molecule has 0 amide bonds. The highest BCUT2D eigenvalue weighted by molar-refractivity contribution is 5.52. The summed E-state index contributed by atoms with van der Waals surface area (Å²) < 4.78 is 5.10. The van der Waals surface area contributed by atoms with E-state index < -0.39 is 0 Å². The number of benzene rings is 1. The van der Waals surface area contributed by atoms with Gasteiger partial charge < -0.3 is 14.5 Å². The van der Waals surface area contributed by atoms with Crippen molar-refractivity contribution in [3.63, 3.8) is 0 Å². The molecule has 0 unspecified atom stereocenters. The summed E-state index contributed by atoms with van der Waals surface area (Å²) in [5.74, 6) is 1.30. The van der Waals surface area contributed by atoms with Gasteiger partial charge in [0.25, 0.3) is 5.69 Å². The van der Waals surface area contributed by atoms with Gasteiger partial charge in [-0.05, 0) is 12.1 Å². The first-order valence-electron chi connectivity index (χ1n) is 7.28. The zero-order valence-corrected chi connectivity index (χ0v) is 12.8. The SMILES string of the molecule is COc1cncc(N2CCN(c3ccc([N+](=O)[O-])cc3)CC2)n1. The molecule has 1 aromatic heterocycles. The van der Waals surface area contributed by atoms with Crippen LogP contribution in [0, 0.1) is 10.1 Å². The second kappa shape index (κ2) is 6.47. The molecule has 0 bridgehead atoms. The second-order valence-electron chi connectivity index (χ2n) is 5.17. The van der Waals surface area contributed by atoms with E-state index >= 15 is 0 Å². The van der Waals surface area contributed by atoms with Crippen molar-refractivity contribution in [2.45, 2.75) is 0 Å². The van der Waals surface area contributed by atoms with Crippen molar-refractivity contribution >= 4 is 17.2 Å². The number of rotatable bonds is 4. The van der Waals surface area contributed by atoms with E-state index in [9.17, 15) is 10.1 Å². The van der Waals surface area contributed by atoms with Crippen molar-refractivity contribution < 1.29 is 9.66 Å². The molecule has 8 nitrogen and oxygen atoms in total. The number of nitrogens with zero attached hydrogens (tertiary/aromatic N) is 5. The minimum Gasteiger partial charge on any atom is -0.480 e. The first kappa shape index (κ1) is 15.0. The first-order valence-corrected chi connectivity index (χ1v) is 7.28. The van der Waals surface area contributed by atoms with Crippen LogP contribution in [0.25, 0.3) is 0 Å². The molecule has 8 heteroatoms. The molecule has 1 aliphatic heterocycles. The van der Waals surface area contributed by atoms with Crippen LogP contribution in [0.5, 0.6) is 5.88 Å². The van der Waals surface area contributed by atoms with E-state index in [4.69, 9.17) is 4.74 Å². The molecule has 0 atom stereocenters. The van der Waals surface area contributed by atoms with Gasteiger partial charge >= 0.3 is 0 Å². The molecule has 3 rings (SSSR count). The molecule has 120 valence electrons. The van der Waals surface area contributed by atoms with E-state index in [0.717, 1.165) is 37.7 Å². The molecule has 0 radical (unpaired) electrons.